The number of nitrogens with one attached hydrogen (secondary N) is 4. The fourth-order valence-electron chi connectivity index (χ4n) is 7.77. The predicted molar refractivity (Wildman–Crippen MR) is 278 cm³/mol. The Morgan fingerprint density at radius 1 is 0.707 bits per heavy atom. The lowest BCUT2D eigenvalue weighted by molar-refractivity contribution is -0.157. The maximum atomic E-state index is 14.2. The monoisotopic (exact) mass is 1050 g/mol. The van der Waals surface area contributed by atoms with Crippen molar-refractivity contribution >= 4 is 53.4 Å². The number of hydrogen-bond acceptors (Lipinski definition) is 15. The number of Topliss-reactive ketones (excluding diaryl/α,β-unsaturated/α-hetero) is 1. The van der Waals surface area contributed by atoms with Crippen molar-refractivity contribution in [3.63, 3.8) is 0 Å². The molecule has 0 aliphatic heterocycles. The van der Waals surface area contributed by atoms with Crippen LogP contribution in [0.3, 0.4) is 0 Å². The van der Waals surface area contributed by atoms with E-state index in [2.05, 4.69) is 21.3 Å². The molecule has 20 nitrogen and oxygen atoms in total. The molecule has 2 aromatic carbocycles. The van der Waals surface area contributed by atoms with Crippen LogP contribution in [0.1, 0.15) is 98.0 Å². The van der Waals surface area contributed by atoms with Crippen molar-refractivity contribution in [2.24, 2.45) is 23.7 Å². The van der Waals surface area contributed by atoms with Crippen LogP contribution in [-0.2, 0) is 63.7 Å². The van der Waals surface area contributed by atoms with E-state index in [0.29, 0.717) is 6.42 Å². The van der Waals surface area contributed by atoms with E-state index >= 15 is 0 Å². The number of alkyl carbamates (subject to hydrolysis) is 1. The zero-order chi connectivity index (χ0) is 56.7. The second-order valence-corrected chi connectivity index (χ2v) is 19.8. The van der Waals surface area contributed by atoms with E-state index in [4.69, 9.17) is 23.7 Å². The third-order valence-electron chi connectivity index (χ3n) is 12.2. The Morgan fingerprint density at radius 3 is 1.83 bits per heavy atom. The van der Waals surface area contributed by atoms with Gasteiger partial charge in [0.1, 0.15) is 29.8 Å². The van der Waals surface area contributed by atoms with Crippen LogP contribution in [0, 0.1) is 23.7 Å². The van der Waals surface area contributed by atoms with Gasteiger partial charge in [-0.1, -0.05) is 112 Å². The average molecular weight is 1050 g/mol. The number of carbonyl (C=O) groups is 9. The minimum atomic E-state index is -1.68. The van der Waals surface area contributed by atoms with E-state index in [0.717, 1.165) is 30.3 Å². The van der Waals surface area contributed by atoms with E-state index < -0.39 is 126 Å². The van der Waals surface area contributed by atoms with E-state index in [1.807, 2.05) is 50.3 Å². The minimum Gasteiger partial charge on any atom is -0.467 e. The number of ether oxygens (including phenoxy) is 5. The fourth-order valence-corrected chi connectivity index (χ4v) is 7.77. The average Bonchev–Trinajstić information content (AvgIpc) is 3.36. The highest BCUT2D eigenvalue weighted by Crippen LogP contribution is 2.19. The second-order valence-electron chi connectivity index (χ2n) is 19.8. The number of carbonyl (C=O) groups excluding carboxylic acids is 9. The van der Waals surface area contributed by atoms with Crippen LogP contribution in [0.15, 0.2) is 84.5 Å². The molecule has 0 unspecified atom stereocenters. The summed E-state index contributed by atoms with van der Waals surface area (Å²) >= 11 is 0. The van der Waals surface area contributed by atoms with Gasteiger partial charge in [0.15, 0.2) is 12.4 Å². The molecule has 0 bridgehead atoms. The Bertz CT molecular complexity index is 2300. The summed E-state index contributed by atoms with van der Waals surface area (Å²) < 4.78 is 26.2. The Labute approximate surface area is 441 Å². The smallest absolute Gasteiger partial charge is 0.408 e. The summed E-state index contributed by atoms with van der Waals surface area (Å²) in [6.45, 7) is 15.7. The zero-order valence-electron chi connectivity index (χ0n) is 45.8. The molecule has 0 fully saturated rings. The van der Waals surface area contributed by atoms with Gasteiger partial charge in [0.25, 0.3) is 0 Å². The van der Waals surface area contributed by atoms with Crippen molar-refractivity contribution in [2.45, 2.75) is 137 Å². The summed E-state index contributed by atoms with van der Waals surface area (Å²) in [5, 5.41) is 21.2. The Hall–Kier alpha value is -6.93. The first-order valence-electron chi connectivity index (χ1n) is 24.8. The topological polar surface area (TPSA) is 271 Å². The number of aliphatic hydroxyl groups excluding tert-OH is 1. The van der Waals surface area contributed by atoms with Gasteiger partial charge in [-0.25, -0.2) is 14.4 Å². The second kappa shape index (κ2) is 31.1. The van der Waals surface area contributed by atoms with Crippen LogP contribution in [-0.4, -0.2) is 146 Å². The zero-order valence-corrected chi connectivity index (χ0v) is 45.8. The van der Waals surface area contributed by atoms with E-state index in [1.54, 1.807) is 72.1 Å². The lowest BCUT2D eigenvalue weighted by Gasteiger charge is -2.32. The quantitative estimate of drug-likeness (QED) is 0.0342. The molecule has 0 heterocycles. The molecule has 2 rings (SSSR count). The fraction of sp³-hybridized carbons (Fsp3) is 0.545. The summed E-state index contributed by atoms with van der Waals surface area (Å²) in [5.41, 5.74) is 1.31. The molecular weight excluding hydrogens is 971 g/mol. The molecule has 20 heteroatoms. The molecule has 0 radical (unpaired) electrons. The van der Waals surface area contributed by atoms with Gasteiger partial charge < -0.3 is 55.0 Å². The summed E-state index contributed by atoms with van der Waals surface area (Å²) in [4.78, 5) is 121. The number of aliphatic hydroxyl groups is 1. The normalized spacial score (nSPS) is 15.8. The number of benzene rings is 2. The van der Waals surface area contributed by atoms with Crippen molar-refractivity contribution in [2.75, 3.05) is 35.0 Å². The summed E-state index contributed by atoms with van der Waals surface area (Å²) in [5.74, 6) is -9.69. The predicted octanol–water partition coefficient (Wildman–Crippen LogP) is 4.42. The molecule has 0 aromatic heterocycles. The van der Waals surface area contributed by atoms with Crippen molar-refractivity contribution in [3.8, 4) is 0 Å². The third kappa shape index (κ3) is 21.4. The highest BCUT2D eigenvalue weighted by molar-refractivity contribution is 5.98. The number of methoxy groups -OCH3 is 3. The Morgan fingerprint density at radius 2 is 1.29 bits per heavy atom. The molecule has 5 N–H and O–H groups in total. The lowest BCUT2D eigenvalue weighted by Crippen LogP contribution is -2.58. The van der Waals surface area contributed by atoms with E-state index in [9.17, 15) is 48.3 Å². The number of hydrogen-bond donors (Lipinski definition) is 5. The van der Waals surface area contributed by atoms with Gasteiger partial charge in [-0.15, -0.1) is 0 Å². The van der Waals surface area contributed by atoms with Crippen LogP contribution >= 0.6 is 0 Å². The summed E-state index contributed by atoms with van der Waals surface area (Å²) in [6, 6.07) is 11.0. The first-order valence-corrected chi connectivity index (χ1v) is 24.8. The number of likely N-dealkylation sites (N-methyl/N-ethyl adjacent to an activating group) is 1. The van der Waals surface area contributed by atoms with Gasteiger partial charge in [0, 0.05) is 32.1 Å². The highest BCUT2D eigenvalue weighted by Gasteiger charge is 2.39. The van der Waals surface area contributed by atoms with Gasteiger partial charge in [-0.2, -0.15) is 0 Å². The van der Waals surface area contributed by atoms with Crippen molar-refractivity contribution in [1.29, 1.82) is 0 Å². The van der Waals surface area contributed by atoms with Crippen LogP contribution in [0.5, 0.6) is 0 Å². The Balaban J connectivity index is 2.36. The number of allylic oxidation sites excluding steroid dienone is 2. The number of rotatable bonds is 28. The first kappa shape index (κ1) is 64.2. The lowest BCUT2D eigenvalue weighted by atomic mass is 9.94. The molecule has 0 saturated carbocycles. The number of amides is 5. The molecule has 75 heavy (non-hydrogen) atoms. The van der Waals surface area contributed by atoms with Crippen LogP contribution < -0.4 is 21.3 Å². The Kier molecular flexibility index (Phi) is 26.6. The van der Waals surface area contributed by atoms with Gasteiger partial charge in [0.05, 0.1) is 44.3 Å². The number of esters is 3. The van der Waals surface area contributed by atoms with Crippen molar-refractivity contribution in [3.05, 3.63) is 95.6 Å². The standard InChI is InChI=1S/C55H79N5O15/c1-32(2)45(59-54(70)75-55(8,9)10)49(65)56-40(26-25-33(3)29-34(4)43(71-12)30-38-21-17-15-18-22-38)35(5)48(64)57-41(52(68)72-13)27-28-44(63)60(11)47(37(7)61)50(66)58-46(53(69)73-14)36(6)51(67)74-31-42(62)39-23-19-16-20-24-39/h15-26,29,32,34-37,40-41,43,45-47,61H,27-28,30-31H2,1-14H3,(H,56,65)(H,57,64)(H,58,66)(H,59,70)/b26-25+,33-29+/t34-,35-,36-,37-,40-,41+,43-,45-,46+,47+/m0/s1. The van der Waals surface area contributed by atoms with E-state index in [-0.39, 0.29) is 24.0 Å². The van der Waals surface area contributed by atoms with Gasteiger partial charge in [-0.3, -0.25) is 28.8 Å². The maximum absolute atomic E-state index is 14.2. The number of ketones is 1. The third-order valence-corrected chi connectivity index (χ3v) is 12.2. The SMILES string of the molecule is COC(=O)[C@@H](CCC(=O)N(C)[C@@H](C(=O)N[C@@H](C(=O)OC)[C@H](C)C(=O)OCC(=O)c1ccccc1)[C@H](C)O)NC(=O)[C@@H](C)[C@H](/C=C/C(C)=C/[C@H](C)[C@H](Cc1ccccc1)OC)NC(=O)[C@@H](NC(=O)OC(C)(C)C)C(C)C. The maximum Gasteiger partial charge on any atom is 0.408 e. The molecule has 0 aliphatic rings. The summed E-state index contributed by atoms with van der Waals surface area (Å²) in [6.07, 6.45) is 2.63. The highest BCUT2D eigenvalue weighted by atomic mass is 16.6. The van der Waals surface area contributed by atoms with Crippen molar-refractivity contribution < 1.29 is 71.9 Å². The van der Waals surface area contributed by atoms with Crippen LogP contribution in [0.4, 0.5) is 4.79 Å². The minimum absolute atomic E-state index is 0.0643. The molecule has 10 atom stereocenters. The molecule has 414 valence electrons. The van der Waals surface area contributed by atoms with Crippen LogP contribution in [0.2, 0.25) is 0 Å². The first-order chi connectivity index (χ1) is 35.1. The summed E-state index contributed by atoms with van der Waals surface area (Å²) in [7, 11) is 4.94. The van der Waals surface area contributed by atoms with Gasteiger partial charge in [0.2, 0.25) is 23.6 Å². The molecule has 0 aliphatic carbocycles. The molecule has 2 aromatic rings. The number of nitrogens with zero attached hydrogens (tertiary/aromatic N) is 1. The van der Waals surface area contributed by atoms with Crippen molar-refractivity contribution in [1.82, 2.24) is 26.2 Å². The largest absolute Gasteiger partial charge is 0.467 e. The van der Waals surface area contributed by atoms with Gasteiger partial charge >= 0.3 is 24.0 Å². The van der Waals surface area contributed by atoms with Crippen LogP contribution in [0.25, 0.3) is 0 Å². The molecular formula is C55H79N5O15. The van der Waals surface area contributed by atoms with E-state index in [1.165, 1.54) is 40.0 Å². The molecule has 0 spiro atoms. The van der Waals surface area contributed by atoms with Gasteiger partial charge in [-0.05, 0) is 65.9 Å². The molecule has 0 saturated heterocycles. The molecule has 5 amide bonds.